The second kappa shape index (κ2) is 4.25. The van der Waals surface area contributed by atoms with E-state index in [2.05, 4.69) is 20.8 Å². The fourth-order valence-corrected chi connectivity index (χ4v) is 6.15. The Kier molecular flexibility index (Phi) is 4.43. The van der Waals surface area contributed by atoms with Crippen LogP contribution in [0.1, 0.15) is 20.8 Å². The van der Waals surface area contributed by atoms with Gasteiger partial charge in [-0.25, -0.2) is 0 Å². The van der Waals surface area contributed by atoms with E-state index >= 15 is 0 Å². The van der Waals surface area contributed by atoms with Gasteiger partial charge in [0.2, 0.25) is 0 Å². The van der Waals surface area contributed by atoms with Gasteiger partial charge in [-0.2, -0.15) is 0 Å². The molecule has 0 amide bonds. The van der Waals surface area contributed by atoms with E-state index in [9.17, 15) is 0 Å². The lowest BCUT2D eigenvalue weighted by molar-refractivity contribution is 1.21. The van der Waals surface area contributed by atoms with Crippen LogP contribution in [0.4, 0.5) is 0 Å². The number of hydrogen-bond donors (Lipinski definition) is 1. The standard InChI is InChI=1S/C6H19NSi2/c1-4-9(5-2,6-3)8-7/h4-8H2,1-3H3. The molecule has 0 rings (SSSR count). The molecule has 0 aliphatic carbocycles. The molecule has 0 aliphatic rings. The van der Waals surface area contributed by atoms with Gasteiger partial charge in [-0.05, 0) is 0 Å². The quantitative estimate of drug-likeness (QED) is 0.613. The van der Waals surface area contributed by atoms with Crippen LogP contribution in [-0.4, -0.2) is 16.8 Å². The fourth-order valence-electron chi connectivity index (χ4n) is 1.18. The minimum absolute atomic E-state index is 0.140. The summed E-state index contributed by atoms with van der Waals surface area (Å²) in [5.74, 6) is 0. The molecule has 9 heavy (non-hydrogen) atoms. The number of rotatable bonds is 4. The molecule has 56 valence electrons. The molecule has 0 aromatic carbocycles. The molecule has 0 radical (unpaired) electrons. The molecule has 0 spiro atoms. The minimum Gasteiger partial charge on any atom is -0.357 e. The first-order chi connectivity index (χ1) is 4.24. The maximum Gasteiger partial charge on any atom is 0.0806 e. The van der Waals surface area contributed by atoms with Crippen molar-refractivity contribution in [3.05, 3.63) is 0 Å². The van der Waals surface area contributed by atoms with Crippen LogP contribution in [0, 0.1) is 0 Å². The second-order valence-corrected chi connectivity index (χ2v) is 14.0. The summed E-state index contributed by atoms with van der Waals surface area (Å²) < 4.78 is 0. The van der Waals surface area contributed by atoms with E-state index in [0.29, 0.717) is 0 Å². The smallest absolute Gasteiger partial charge is 0.0806 e. The summed E-state index contributed by atoms with van der Waals surface area (Å²) in [5.41, 5.74) is 0. The molecule has 0 aliphatic heterocycles. The van der Waals surface area contributed by atoms with E-state index in [0.717, 1.165) is 0 Å². The van der Waals surface area contributed by atoms with Crippen LogP contribution in [0.15, 0.2) is 0 Å². The Morgan fingerprint density at radius 3 is 1.44 bits per heavy atom. The van der Waals surface area contributed by atoms with Crippen molar-refractivity contribution < 1.29 is 0 Å². The predicted octanol–water partition coefficient (Wildman–Crippen LogP) is 1.03. The van der Waals surface area contributed by atoms with Crippen LogP contribution < -0.4 is 5.40 Å². The van der Waals surface area contributed by atoms with E-state index in [-0.39, 0.29) is 9.20 Å². The largest absolute Gasteiger partial charge is 0.357 e. The number of hydrogen-bond acceptors (Lipinski definition) is 1. The summed E-state index contributed by atoms with van der Waals surface area (Å²) in [7, 11) is -0.915. The van der Waals surface area contributed by atoms with Gasteiger partial charge >= 0.3 is 0 Å². The highest BCUT2D eigenvalue weighted by molar-refractivity contribution is 7.23. The summed E-state index contributed by atoms with van der Waals surface area (Å²) in [6.07, 6.45) is 0. The average Bonchev–Trinajstić information content (AvgIpc) is 1.95. The molecule has 0 aromatic heterocycles. The van der Waals surface area contributed by atoms with Gasteiger partial charge < -0.3 is 5.40 Å². The van der Waals surface area contributed by atoms with E-state index in [4.69, 9.17) is 5.40 Å². The van der Waals surface area contributed by atoms with Gasteiger partial charge in [-0.15, -0.1) is 0 Å². The maximum atomic E-state index is 5.84. The van der Waals surface area contributed by atoms with Crippen molar-refractivity contribution in [2.24, 2.45) is 5.40 Å². The van der Waals surface area contributed by atoms with Crippen LogP contribution in [0.5, 0.6) is 0 Å². The van der Waals surface area contributed by atoms with Crippen molar-refractivity contribution in [3.8, 4) is 0 Å². The normalized spacial score (nSPS) is 13.3. The second-order valence-electron chi connectivity index (χ2n) is 2.76. The van der Waals surface area contributed by atoms with Crippen LogP contribution in [0.25, 0.3) is 0 Å². The molecular weight excluding hydrogens is 142 g/mol. The fraction of sp³-hybridized carbons (Fsp3) is 1.00. The van der Waals surface area contributed by atoms with Crippen molar-refractivity contribution in [1.29, 1.82) is 0 Å². The molecule has 0 bridgehead atoms. The predicted molar refractivity (Wildman–Crippen MR) is 49.9 cm³/mol. The monoisotopic (exact) mass is 161 g/mol. The van der Waals surface area contributed by atoms with Gasteiger partial charge in [-0.3, -0.25) is 0 Å². The van der Waals surface area contributed by atoms with Gasteiger partial charge in [0.25, 0.3) is 0 Å². The Hall–Kier alpha value is 0.394. The first kappa shape index (κ1) is 9.39. The van der Waals surface area contributed by atoms with Gasteiger partial charge in [0, 0.05) is 0 Å². The van der Waals surface area contributed by atoms with Crippen LogP contribution >= 0.6 is 0 Å². The third-order valence-electron chi connectivity index (χ3n) is 2.68. The summed E-state index contributed by atoms with van der Waals surface area (Å²) in [6, 6.07) is 4.26. The zero-order valence-corrected chi connectivity index (χ0v) is 9.32. The summed E-state index contributed by atoms with van der Waals surface area (Å²) in [5, 5.41) is 5.84. The van der Waals surface area contributed by atoms with Gasteiger partial charge in [0.05, 0.1) is 16.8 Å². The van der Waals surface area contributed by atoms with Crippen molar-refractivity contribution in [3.63, 3.8) is 0 Å². The zero-order valence-electron chi connectivity index (χ0n) is 6.91. The highest BCUT2D eigenvalue weighted by Crippen LogP contribution is 2.16. The molecule has 0 saturated heterocycles. The SMILES string of the molecule is CC[Si](CC)(CC)[SiH2]N. The van der Waals surface area contributed by atoms with Gasteiger partial charge in [-0.1, -0.05) is 38.9 Å². The number of nitrogens with two attached hydrogens (primary N) is 1. The molecule has 1 nitrogen and oxygen atoms in total. The first-order valence-electron chi connectivity index (χ1n) is 3.94. The molecule has 0 saturated carbocycles. The van der Waals surface area contributed by atoms with Crippen molar-refractivity contribution in [2.75, 3.05) is 0 Å². The van der Waals surface area contributed by atoms with E-state index in [1.54, 1.807) is 0 Å². The van der Waals surface area contributed by atoms with E-state index in [1.807, 2.05) is 0 Å². The van der Waals surface area contributed by atoms with Gasteiger partial charge in [0.15, 0.2) is 0 Å². The van der Waals surface area contributed by atoms with E-state index in [1.165, 1.54) is 18.1 Å². The molecular formula is C6H19NSi2. The lowest BCUT2D eigenvalue weighted by Crippen LogP contribution is -2.44. The topological polar surface area (TPSA) is 26.0 Å². The maximum absolute atomic E-state index is 5.84. The molecule has 0 fully saturated rings. The van der Waals surface area contributed by atoms with Crippen LogP contribution in [0.3, 0.4) is 0 Å². The summed E-state index contributed by atoms with van der Waals surface area (Å²) in [4.78, 5) is 0. The highest BCUT2D eigenvalue weighted by atomic mass is 29.2. The molecule has 0 aromatic rings. The third kappa shape index (κ3) is 2.23. The summed E-state index contributed by atoms with van der Waals surface area (Å²) >= 11 is 0. The Labute approximate surface area is 61.7 Å². The Bertz CT molecular complexity index is 53.9. The lowest BCUT2D eigenvalue weighted by Gasteiger charge is -2.24. The van der Waals surface area contributed by atoms with Crippen molar-refractivity contribution in [1.82, 2.24) is 0 Å². The lowest BCUT2D eigenvalue weighted by atomic mass is 10.9. The Morgan fingerprint density at radius 2 is 1.44 bits per heavy atom. The summed E-state index contributed by atoms with van der Waals surface area (Å²) in [6.45, 7) is 6.96. The molecule has 0 heterocycles. The highest BCUT2D eigenvalue weighted by Gasteiger charge is 2.24. The van der Waals surface area contributed by atoms with E-state index < -0.39 is 7.59 Å². The van der Waals surface area contributed by atoms with Crippen molar-refractivity contribution in [2.45, 2.75) is 38.9 Å². The molecule has 2 N–H and O–H groups in total. The minimum atomic E-state index is -0.775. The Balaban J connectivity index is 3.82. The van der Waals surface area contributed by atoms with Crippen LogP contribution in [-0.2, 0) is 0 Å². The van der Waals surface area contributed by atoms with Crippen molar-refractivity contribution >= 4 is 16.8 Å². The molecule has 0 unspecified atom stereocenters. The Morgan fingerprint density at radius 1 is 1.11 bits per heavy atom. The van der Waals surface area contributed by atoms with Gasteiger partial charge in [0.1, 0.15) is 0 Å². The van der Waals surface area contributed by atoms with Crippen LogP contribution in [0.2, 0.25) is 18.1 Å². The zero-order chi connectivity index (χ0) is 7.33. The first-order valence-corrected chi connectivity index (χ1v) is 9.71. The molecule has 3 heteroatoms. The molecule has 0 atom stereocenters. The third-order valence-corrected chi connectivity index (χ3v) is 15.1. The average molecular weight is 161 g/mol.